The normalized spacial score (nSPS) is 16.1. The van der Waals surface area contributed by atoms with Gasteiger partial charge in [0.15, 0.2) is 0 Å². The lowest BCUT2D eigenvalue weighted by Gasteiger charge is -2.27. The predicted octanol–water partition coefficient (Wildman–Crippen LogP) is 4.27. The molecule has 0 aliphatic carbocycles. The lowest BCUT2D eigenvalue weighted by Crippen LogP contribution is -2.20. The molecule has 132 valence electrons. The summed E-state index contributed by atoms with van der Waals surface area (Å²) in [5.41, 5.74) is 0.355. The summed E-state index contributed by atoms with van der Waals surface area (Å²) >= 11 is 0. The highest BCUT2D eigenvalue weighted by molar-refractivity contribution is 5.59. The monoisotopic (exact) mass is 354 g/mol. The van der Waals surface area contributed by atoms with Crippen molar-refractivity contribution in [2.45, 2.75) is 19.1 Å². The summed E-state index contributed by atoms with van der Waals surface area (Å²) in [6.45, 7) is -2.80. The van der Waals surface area contributed by atoms with Crippen molar-refractivity contribution in [3.63, 3.8) is 0 Å². The van der Waals surface area contributed by atoms with Crippen LogP contribution in [0.25, 0.3) is 0 Å². The Labute approximate surface area is 140 Å². The Hall–Kier alpha value is -2.97. The molecule has 1 aliphatic heterocycles. The summed E-state index contributed by atoms with van der Waals surface area (Å²) in [5, 5.41) is 14.0. The Morgan fingerprint density at radius 1 is 1.28 bits per heavy atom. The second-order valence-corrected chi connectivity index (χ2v) is 5.33. The molecule has 1 unspecified atom stereocenters. The third kappa shape index (κ3) is 3.76. The molecule has 0 bridgehead atoms. The summed E-state index contributed by atoms with van der Waals surface area (Å²) in [4.78, 5) is 10.1. The smallest absolute Gasteiger partial charge is 0.387 e. The Morgan fingerprint density at radius 2 is 2.08 bits per heavy atom. The number of fused-ring (bicyclic) bond motifs is 1. The van der Waals surface area contributed by atoms with Crippen molar-refractivity contribution in [2.75, 3.05) is 11.9 Å². The van der Waals surface area contributed by atoms with Gasteiger partial charge in [0, 0.05) is 29.8 Å². The number of benzene rings is 2. The molecule has 25 heavy (non-hydrogen) atoms. The van der Waals surface area contributed by atoms with Gasteiger partial charge in [-0.15, -0.1) is 0 Å². The second-order valence-electron chi connectivity index (χ2n) is 5.33. The summed E-state index contributed by atoms with van der Waals surface area (Å²) < 4.78 is 48.1. The van der Waals surface area contributed by atoms with E-state index in [1.54, 1.807) is 0 Å². The fourth-order valence-corrected chi connectivity index (χ4v) is 2.66. The average molecular weight is 354 g/mol. The number of alkyl halides is 2. The van der Waals surface area contributed by atoms with Gasteiger partial charge in [-0.2, -0.15) is 8.78 Å². The first-order chi connectivity index (χ1) is 11.9. The standard InChI is InChI=1S/C16H13F3N2O4/c17-9-1-4-14-11(7-9)12(5-6-24-14)20-10-2-3-13(21(22)23)15(8-10)25-16(18)19/h1-4,7-8,12,16,20H,5-6H2. The van der Waals surface area contributed by atoms with E-state index < -0.39 is 28.8 Å². The molecule has 0 saturated heterocycles. The maximum Gasteiger partial charge on any atom is 0.387 e. The zero-order valence-corrected chi connectivity index (χ0v) is 12.7. The van der Waals surface area contributed by atoms with Crippen LogP contribution in [0, 0.1) is 15.9 Å². The van der Waals surface area contributed by atoms with Gasteiger partial charge in [0.1, 0.15) is 11.6 Å². The fourth-order valence-electron chi connectivity index (χ4n) is 2.66. The van der Waals surface area contributed by atoms with Crippen molar-refractivity contribution < 1.29 is 27.6 Å². The lowest BCUT2D eigenvalue weighted by molar-refractivity contribution is -0.386. The van der Waals surface area contributed by atoms with Crippen LogP contribution in [0.5, 0.6) is 11.5 Å². The quantitative estimate of drug-likeness (QED) is 0.641. The van der Waals surface area contributed by atoms with Crippen LogP contribution in [-0.2, 0) is 0 Å². The van der Waals surface area contributed by atoms with Crippen LogP contribution < -0.4 is 14.8 Å². The highest BCUT2D eigenvalue weighted by Crippen LogP contribution is 2.37. The molecule has 6 nitrogen and oxygen atoms in total. The van der Waals surface area contributed by atoms with Gasteiger partial charge in [0.2, 0.25) is 5.75 Å². The van der Waals surface area contributed by atoms with E-state index >= 15 is 0 Å². The van der Waals surface area contributed by atoms with E-state index in [-0.39, 0.29) is 6.04 Å². The Bertz CT molecular complexity index is 801. The molecular weight excluding hydrogens is 341 g/mol. The summed E-state index contributed by atoms with van der Waals surface area (Å²) in [5.74, 6) is -0.450. The molecule has 0 saturated carbocycles. The summed E-state index contributed by atoms with van der Waals surface area (Å²) in [6.07, 6.45) is 0.512. The number of nitro benzene ring substituents is 1. The zero-order chi connectivity index (χ0) is 18.0. The first-order valence-corrected chi connectivity index (χ1v) is 7.36. The van der Waals surface area contributed by atoms with Crippen molar-refractivity contribution in [3.8, 4) is 11.5 Å². The largest absolute Gasteiger partial charge is 0.493 e. The van der Waals surface area contributed by atoms with Crippen LogP contribution in [0.4, 0.5) is 24.5 Å². The third-order valence-electron chi connectivity index (χ3n) is 3.72. The van der Waals surface area contributed by atoms with Crippen molar-refractivity contribution in [1.82, 2.24) is 0 Å². The first kappa shape index (κ1) is 16.9. The molecule has 2 aromatic carbocycles. The Kier molecular flexibility index (Phi) is 4.64. The number of nitrogens with one attached hydrogen (secondary N) is 1. The van der Waals surface area contributed by atoms with E-state index in [0.717, 1.165) is 12.1 Å². The molecule has 1 aliphatic rings. The maximum atomic E-state index is 13.5. The fraction of sp³-hybridized carbons (Fsp3) is 0.250. The molecule has 0 fully saturated rings. The van der Waals surface area contributed by atoms with Crippen LogP contribution in [0.1, 0.15) is 18.0 Å². The van der Waals surface area contributed by atoms with Gasteiger partial charge in [-0.3, -0.25) is 10.1 Å². The lowest BCUT2D eigenvalue weighted by atomic mass is 10.00. The number of nitro groups is 1. The minimum absolute atomic E-state index is 0.333. The topological polar surface area (TPSA) is 73.6 Å². The van der Waals surface area contributed by atoms with Crippen LogP contribution in [0.2, 0.25) is 0 Å². The molecule has 3 rings (SSSR count). The predicted molar refractivity (Wildman–Crippen MR) is 82.6 cm³/mol. The van der Waals surface area contributed by atoms with E-state index in [1.807, 2.05) is 0 Å². The number of halogens is 3. The highest BCUT2D eigenvalue weighted by Gasteiger charge is 2.24. The van der Waals surface area contributed by atoms with Gasteiger partial charge >= 0.3 is 12.3 Å². The van der Waals surface area contributed by atoms with Gasteiger partial charge in [-0.1, -0.05) is 0 Å². The van der Waals surface area contributed by atoms with Crippen LogP contribution >= 0.6 is 0 Å². The van der Waals surface area contributed by atoms with Crippen LogP contribution in [0.3, 0.4) is 0 Å². The third-order valence-corrected chi connectivity index (χ3v) is 3.72. The molecule has 9 heteroatoms. The minimum Gasteiger partial charge on any atom is -0.493 e. The molecule has 1 heterocycles. The van der Waals surface area contributed by atoms with Crippen molar-refractivity contribution in [2.24, 2.45) is 0 Å². The maximum absolute atomic E-state index is 13.5. The molecular formula is C16H13F3N2O4. The summed E-state index contributed by atoms with van der Waals surface area (Å²) in [6, 6.07) is 7.37. The average Bonchev–Trinajstić information content (AvgIpc) is 2.55. The van der Waals surface area contributed by atoms with Gasteiger partial charge in [-0.25, -0.2) is 4.39 Å². The number of ether oxygens (including phenoxy) is 2. The molecule has 0 amide bonds. The van der Waals surface area contributed by atoms with E-state index in [2.05, 4.69) is 10.1 Å². The number of nitrogens with zero attached hydrogens (tertiary/aromatic N) is 1. The number of hydrogen-bond donors (Lipinski definition) is 1. The highest BCUT2D eigenvalue weighted by atomic mass is 19.3. The van der Waals surface area contributed by atoms with E-state index in [0.29, 0.717) is 30.0 Å². The minimum atomic E-state index is -3.19. The van der Waals surface area contributed by atoms with Crippen molar-refractivity contribution >= 4 is 11.4 Å². The van der Waals surface area contributed by atoms with Crippen molar-refractivity contribution in [3.05, 3.63) is 57.9 Å². The first-order valence-electron chi connectivity index (χ1n) is 7.36. The number of hydrogen-bond acceptors (Lipinski definition) is 5. The van der Waals surface area contributed by atoms with Gasteiger partial charge in [-0.05, 0) is 24.3 Å². The molecule has 0 aromatic heterocycles. The summed E-state index contributed by atoms with van der Waals surface area (Å²) in [7, 11) is 0. The number of anilines is 1. The second kappa shape index (κ2) is 6.88. The Balaban J connectivity index is 1.89. The number of rotatable bonds is 5. The Morgan fingerprint density at radius 3 is 2.80 bits per heavy atom. The van der Waals surface area contributed by atoms with Gasteiger partial charge in [0.05, 0.1) is 17.6 Å². The zero-order valence-electron chi connectivity index (χ0n) is 12.7. The SMILES string of the molecule is O=[N+]([O-])c1ccc(NC2CCOc3ccc(F)cc32)cc1OC(F)F. The van der Waals surface area contributed by atoms with E-state index in [9.17, 15) is 23.3 Å². The van der Waals surface area contributed by atoms with Crippen LogP contribution in [0.15, 0.2) is 36.4 Å². The molecule has 1 N–H and O–H groups in total. The molecule has 0 spiro atoms. The van der Waals surface area contributed by atoms with Crippen molar-refractivity contribution in [1.29, 1.82) is 0 Å². The van der Waals surface area contributed by atoms with Gasteiger partial charge < -0.3 is 14.8 Å². The molecule has 1 atom stereocenters. The molecule has 0 radical (unpaired) electrons. The van der Waals surface area contributed by atoms with E-state index in [1.165, 1.54) is 24.3 Å². The van der Waals surface area contributed by atoms with E-state index in [4.69, 9.17) is 4.74 Å². The van der Waals surface area contributed by atoms with Crippen LogP contribution in [-0.4, -0.2) is 18.1 Å². The molecule has 2 aromatic rings. The van der Waals surface area contributed by atoms with Gasteiger partial charge in [0.25, 0.3) is 0 Å².